The van der Waals surface area contributed by atoms with Crippen LogP contribution in [-0.4, -0.2) is 57.8 Å². The molecule has 1 aromatic heterocycles. The van der Waals surface area contributed by atoms with Crippen molar-refractivity contribution < 1.29 is 19.0 Å². The third-order valence-electron chi connectivity index (χ3n) is 4.99. The van der Waals surface area contributed by atoms with Crippen molar-refractivity contribution in [1.29, 1.82) is 0 Å². The monoisotopic (exact) mass is 425 g/mol. The van der Waals surface area contributed by atoms with E-state index in [2.05, 4.69) is 20.8 Å². The first kappa shape index (κ1) is 19.0. The molecule has 154 valence electrons. The maximum Gasteiger partial charge on any atom is 0.412 e. The Bertz CT molecular complexity index is 1000. The summed E-state index contributed by atoms with van der Waals surface area (Å²) in [7, 11) is 0. The fourth-order valence-electron chi connectivity index (χ4n) is 3.62. The van der Waals surface area contributed by atoms with Crippen LogP contribution in [0.2, 0.25) is 0 Å². The third kappa shape index (κ3) is 3.89. The van der Waals surface area contributed by atoms with E-state index in [1.807, 2.05) is 48.5 Å². The molecule has 2 aliphatic rings. The average Bonchev–Trinajstić information content (AvgIpc) is 3.47. The number of aromatic nitrogens is 4. The number of carbonyl (C=O) groups is 1. The quantitative estimate of drug-likeness (QED) is 0.666. The Morgan fingerprint density at radius 3 is 2.57 bits per heavy atom. The molecule has 2 fully saturated rings. The molecule has 9 nitrogen and oxygen atoms in total. The van der Waals surface area contributed by atoms with Crippen molar-refractivity contribution in [1.82, 2.24) is 20.2 Å². The van der Waals surface area contributed by atoms with Gasteiger partial charge in [-0.2, -0.15) is 0 Å². The number of tetrazole rings is 1. The Labute approximate surface area is 176 Å². The number of hydrogen-bond donors (Lipinski definition) is 1. The van der Waals surface area contributed by atoms with Crippen molar-refractivity contribution in [2.24, 2.45) is 0 Å². The van der Waals surface area contributed by atoms with Gasteiger partial charge in [0.2, 0.25) is 5.16 Å². The first-order valence-electron chi connectivity index (χ1n) is 9.54. The third-order valence-corrected chi connectivity index (χ3v) is 5.95. The number of amides is 1. The predicted molar refractivity (Wildman–Crippen MR) is 107 cm³/mol. The van der Waals surface area contributed by atoms with Gasteiger partial charge in [-0.05, 0) is 46.5 Å². The average molecular weight is 425 g/mol. The summed E-state index contributed by atoms with van der Waals surface area (Å²) in [6, 6.07) is 18.8. The van der Waals surface area contributed by atoms with Crippen molar-refractivity contribution in [3.05, 3.63) is 60.7 Å². The minimum absolute atomic E-state index is 0.193. The lowest BCUT2D eigenvalue weighted by Gasteiger charge is -2.17. The van der Waals surface area contributed by atoms with Gasteiger partial charge in [0.1, 0.15) is 18.2 Å². The largest absolute Gasteiger partial charge is 0.441 e. The molecule has 2 aliphatic heterocycles. The second kappa shape index (κ2) is 8.42. The topological polar surface area (TPSA) is 100 Å². The molecular weight excluding hydrogens is 406 g/mol. The molecule has 4 atom stereocenters. The molecule has 0 aliphatic carbocycles. The molecule has 10 heteroatoms. The summed E-state index contributed by atoms with van der Waals surface area (Å²) in [4.78, 5) is 13.3. The van der Waals surface area contributed by atoms with Gasteiger partial charge in [0.25, 0.3) is 0 Å². The lowest BCUT2D eigenvalue weighted by Crippen LogP contribution is -2.35. The number of carbonyl (C=O) groups excluding carboxylic acids is 1. The summed E-state index contributed by atoms with van der Waals surface area (Å²) in [5.41, 5.74) is 0.666. The van der Waals surface area contributed by atoms with Crippen LogP contribution in [0, 0.1) is 0 Å². The molecule has 30 heavy (non-hydrogen) atoms. The van der Waals surface area contributed by atoms with E-state index >= 15 is 0 Å². The highest BCUT2D eigenvalue weighted by molar-refractivity contribution is 7.99. The van der Waals surface area contributed by atoms with Crippen molar-refractivity contribution >= 4 is 23.5 Å². The normalized spacial score (nSPS) is 25.1. The number of hydrogen-bond acceptors (Lipinski definition) is 8. The standard InChI is InChI=1S/C20H19N5O4S/c26-20(21-13-7-3-1-4-8-13)29-16-12-28-17-15(11-27-18(16)17)25-19(22-23-24-25)30-14-9-5-2-6-10-14/h1-10,15-18H,11-12H2,(H,21,26)/t15-,16+,17+,18+/m0/s1. The SMILES string of the molecule is O=C(Nc1ccccc1)O[C@@H]1CO[C@H]2[C@@H]1OC[C@@H]2n1nnnc1Sc1ccccc1. The molecule has 0 bridgehead atoms. The van der Waals surface area contributed by atoms with Gasteiger partial charge in [-0.15, -0.1) is 5.10 Å². The number of nitrogens with one attached hydrogen (secondary N) is 1. The zero-order valence-electron chi connectivity index (χ0n) is 15.8. The lowest BCUT2D eigenvalue weighted by molar-refractivity contribution is 0.00751. The van der Waals surface area contributed by atoms with Crippen molar-refractivity contribution in [2.75, 3.05) is 18.5 Å². The zero-order chi connectivity index (χ0) is 20.3. The van der Waals surface area contributed by atoms with Crippen LogP contribution < -0.4 is 5.32 Å². The maximum absolute atomic E-state index is 12.2. The molecule has 5 rings (SSSR count). The zero-order valence-corrected chi connectivity index (χ0v) is 16.6. The number of rotatable bonds is 5. The molecule has 1 amide bonds. The Balaban J connectivity index is 1.24. The number of ether oxygens (including phenoxy) is 3. The van der Waals surface area contributed by atoms with E-state index in [1.165, 1.54) is 11.8 Å². The number of para-hydroxylation sites is 1. The van der Waals surface area contributed by atoms with Crippen molar-refractivity contribution in [3.63, 3.8) is 0 Å². The van der Waals surface area contributed by atoms with E-state index in [0.717, 1.165) is 4.90 Å². The van der Waals surface area contributed by atoms with Gasteiger partial charge in [-0.3, -0.25) is 5.32 Å². The molecule has 3 heterocycles. The molecule has 3 aromatic rings. The van der Waals surface area contributed by atoms with Crippen molar-refractivity contribution in [2.45, 2.75) is 34.4 Å². The first-order valence-corrected chi connectivity index (χ1v) is 10.4. The number of benzene rings is 2. The minimum Gasteiger partial charge on any atom is -0.441 e. The van der Waals surface area contributed by atoms with Crippen LogP contribution in [0.5, 0.6) is 0 Å². The van der Waals surface area contributed by atoms with Gasteiger partial charge in [-0.25, -0.2) is 9.48 Å². The number of anilines is 1. The Kier molecular flexibility index (Phi) is 5.35. The molecule has 1 N–H and O–H groups in total. The van der Waals surface area contributed by atoms with Crippen LogP contribution in [0.3, 0.4) is 0 Å². The first-order chi connectivity index (χ1) is 14.8. The van der Waals surface area contributed by atoms with Gasteiger partial charge in [0.15, 0.2) is 6.10 Å². The van der Waals surface area contributed by atoms with Gasteiger partial charge in [-0.1, -0.05) is 36.4 Å². The van der Waals surface area contributed by atoms with Crippen LogP contribution in [0.1, 0.15) is 6.04 Å². The minimum atomic E-state index is -0.537. The summed E-state index contributed by atoms with van der Waals surface area (Å²) >= 11 is 1.47. The molecule has 0 saturated carbocycles. The Hall–Kier alpha value is -2.95. The molecular formula is C20H19N5O4S. The van der Waals surface area contributed by atoms with Crippen LogP contribution in [0.15, 0.2) is 70.7 Å². The van der Waals surface area contributed by atoms with Crippen LogP contribution in [-0.2, 0) is 14.2 Å². The van der Waals surface area contributed by atoms with Gasteiger partial charge in [0.05, 0.1) is 13.2 Å². The van der Waals surface area contributed by atoms with Gasteiger partial charge >= 0.3 is 6.09 Å². The molecule has 0 radical (unpaired) electrons. The summed E-state index contributed by atoms with van der Waals surface area (Å²) in [6.07, 6.45) is -1.69. The van der Waals surface area contributed by atoms with E-state index < -0.39 is 12.2 Å². The summed E-state index contributed by atoms with van der Waals surface area (Å²) < 4.78 is 19.1. The van der Waals surface area contributed by atoms with E-state index in [4.69, 9.17) is 14.2 Å². The van der Waals surface area contributed by atoms with Gasteiger partial charge < -0.3 is 14.2 Å². The van der Waals surface area contributed by atoms with E-state index in [0.29, 0.717) is 17.5 Å². The van der Waals surface area contributed by atoms with Crippen molar-refractivity contribution in [3.8, 4) is 0 Å². The van der Waals surface area contributed by atoms with Crippen LogP contribution in [0.25, 0.3) is 0 Å². The van der Waals surface area contributed by atoms with Gasteiger partial charge in [0, 0.05) is 10.6 Å². The molecule has 2 saturated heterocycles. The molecule has 0 spiro atoms. The fraction of sp³-hybridized carbons (Fsp3) is 0.300. The lowest BCUT2D eigenvalue weighted by atomic mass is 10.1. The summed E-state index contributed by atoms with van der Waals surface area (Å²) in [6.45, 7) is 0.639. The number of nitrogens with zero attached hydrogens (tertiary/aromatic N) is 4. The van der Waals surface area contributed by atoms with E-state index in [1.54, 1.807) is 16.8 Å². The predicted octanol–water partition coefficient (Wildman–Crippen LogP) is 2.78. The Morgan fingerprint density at radius 2 is 1.77 bits per heavy atom. The summed E-state index contributed by atoms with van der Waals surface area (Å²) in [5.74, 6) is 0. The molecule has 2 aromatic carbocycles. The smallest absolute Gasteiger partial charge is 0.412 e. The van der Waals surface area contributed by atoms with E-state index in [-0.39, 0.29) is 24.9 Å². The molecule has 0 unspecified atom stereocenters. The van der Waals surface area contributed by atoms with E-state index in [9.17, 15) is 4.79 Å². The maximum atomic E-state index is 12.2. The fourth-order valence-corrected chi connectivity index (χ4v) is 4.46. The highest BCUT2D eigenvalue weighted by Gasteiger charge is 2.51. The Morgan fingerprint density at radius 1 is 1.03 bits per heavy atom. The van der Waals surface area contributed by atoms with Crippen LogP contribution >= 0.6 is 11.8 Å². The summed E-state index contributed by atoms with van der Waals surface area (Å²) in [5, 5.41) is 15.5. The second-order valence-corrected chi connectivity index (χ2v) is 7.96. The second-order valence-electron chi connectivity index (χ2n) is 6.92. The highest BCUT2D eigenvalue weighted by atomic mass is 32.2. The van der Waals surface area contributed by atoms with Crippen LogP contribution in [0.4, 0.5) is 10.5 Å². The number of fused-ring (bicyclic) bond motifs is 1. The highest BCUT2D eigenvalue weighted by Crippen LogP contribution is 2.37.